The maximum Gasteiger partial charge on any atom is 0.164 e. The van der Waals surface area contributed by atoms with Crippen molar-refractivity contribution < 1.29 is 0 Å². The van der Waals surface area contributed by atoms with Crippen LogP contribution < -0.4 is 0 Å². The van der Waals surface area contributed by atoms with Gasteiger partial charge in [0.25, 0.3) is 0 Å². The highest BCUT2D eigenvalue weighted by Crippen LogP contribution is 2.48. The van der Waals surface area contributed by atoms with Gasteiger partial charge in [-0.25, -0.2) is 15.0 Å². The van der Waals surface area contributed by atoms with Gasteiger partial charge in [-0.2, -0.15) is 0 Å². The lowest BCUT2D eigenvalue weighted by molar-refractivity contribution is 1.08. The second-order valence-corrected chi connectivity index (χ2v) is 15.0. The minimum atomic E-state index is 0.634. The van der Waals surface area contributed by atoms with Crippen molar-refractivity contribution in [1.29, 1.82) is 0 Å². The van der Waals surface area contributed by atoms with Crippen LogP contribution in [0, 0.1) is 0 Å². The SMILES string of the molecule is c1ccc(-c2cc(-c3ccccc3)cc(-c3nc(-c4ccccc4)nc(-c4cc5c6ccccc6c6ccccc6c5c5sc6ccccc6c45)n3)c2)cc1. The molecule has 11 aromatic rings. The van der Waals surface area contributed by atoms with Gasteiger partial charge in [0, 0.05) is 42.2 Å². The zero-order valence-electron chi connectivity index (χ0n) is 29.6. The summed E-state index contributed by atoms with van der Waals surface area (Å²) in [7, 11) is 0. The highest BCUT2D eigenvalue weighted by Gasteiger charge is 2.22. The van der Waals surface area contributed by atoms with Gasteiger partial charge < -0.3 is 0 Å². The Morgan fingerprint density at radius 2 is 0.727 bits per heavy atom. The number of benzene rings is 9. The van der Waals surface area contributed by atoms with E-state index in [0.29, 0.717) is 17.5 Å². The molecule has 256 valence electrons. The standard InChI is InChI=1S/C51H31N3S/c1-4-16-32(17-5-1)35-28-36(33-18-6-2-7-19-33)30-37(29-35)50-52-49(34-20-8-3-9-21-34)53-51(54-50)44-31-43-40-24-11-10-22-38(40)39-23-12-13-25-41(39)46(43)48-47(44)42-26-14-15-27-45(42)55-48/h1-31H. The van der Waals surface area contributed by atoms with Gasteiger partial charge in [-0.3, -0.25) is 0 Å². The number of thiophene rings is 1. The Labute approximate surface area is 321 Å². The molecule has 0 atom stereocenters. The molecular formula is C51H31N3S. The normalized spacial score (nSPS) is 11.6. The highest BCUT2D eigenvalue weighted by molar-refractivity contribution is 7.27. The first-order valence-corrected chi connectivity index (χ1v) is 19.3. The van der Waals surface area contributed by atoms with Crippen LogP contribution in [0.25, 0.3) is 109 Å². The van der Waals surface area contributed by atoms with Crippen molar-refractivity contribution in [3.8, 4) is 56.4 Å². The summed E-state index contributed by atoms with van der Waals surface area (Å²) in [6.45, 7) is 0. The molecule has 3 nitrogen and oxygen atoms in total. The van der Waals surface area contributed by atoms with Crippen LogP contribution in [-0.2, 0) is 0 Å². The van der Waals surface area contributed by atoms with Crippen LogP contribution in [0.3, 0.4) is 0 Å². The molecule has 0 N–H and O–H groups in total. The molecule has 0 amide bonds. The average Bonchev–Trinajstić information content (AvgIpc) is 3.66. The third-order valence-electron chi connectivity index (χ3n) is 10.7. The van der Waals surface area contributed by atoms with Crippen molar-refractivity contribution in [1.82, 2.24) is 15.0 Å². The van der Waals surface area contributed by atoms with Gasteiger partial charge in [-0.1, -0.05) is 158 Å². The van der Waals surface area contributed by atoms with Crippen LogP contribution in [0.5, 0.6) is 0 Å². The second-order valence-electron chi connectivity index (χ2n) is 13.9. The summed E-state index contributed by atoms with van der Waals surface area (Å²) in [4.78, 5) is 16.0. The molecule has 0 bridgehead atoms. The van der Waals surface area contributed by atoms with Crippen molar-refractivity contribution >= 4 is 63.8 Å². The minimum absolute atomic E-state index is 0.634. The molecule has 55 heavy (non-hydrogen) atoms. The zero-order valence-corrected chi connectivity index (χ0v) is 30.5. The number of rotatable bonds is 5. The number of aromatic nitrogens is 3. The summed E-state index contributed by atoms with van der Waals surface area (Å²) in [6.07, 6.45) is 0. The first kappa shape index (κ1) is 31.5. The van der Waals surface area contributed by atoms with Crippen LogP contribution in [0.4, 0.5) is 0 Å². The fourth-order valence-electron chi connectivity index (χ4n) is 8.14. The fourth-order valence-corrected chi connectivity index (χ4v) is 9.43. The first-order valence-electron chi connectivity index (χ1n) is 18.5. The van der Waals surface area contributed by atoms with Crippen LogP contribution in [-0.4, -0.2) is 15.0 Å². The Kier molecular flexibility index (Phi) is 7.35. The molecule has 0 aliphatic heterocycles. The predicted octanol–water partition coefficient (Wildman–Crippen LogP) is 14.0. The Morgan fingerprint density at radius 3 is 1.35 bits per heavy atom. The molecule has 0 spiro atoms. The number of hydrogen-bond donors (Lipinski definition) is 0. The van der Waals surface area contributed by atoms with Gasteiger partial charge >= 0.3 is 0 Å². The molecule has 9 aromatic carbocycles. The topological polar surface area (TPSA) is 38.7 Å². The van der Waals surface area contributed by atoms with E-state index in [1.165, 1.54) is 52.5 Å². The third kappa shape index (κ3) is 5.30. The first-order chi connectivity index (χ1) is 27.3. The van der Waals surface area contributed by atoms with Crippen molar-refractivity contribution in [3.63, 3.8) is 0 Å². The predicted molar refractivity (Wildman–Crippen MR) is 232 cm³/mol. The maximum absolute atomic E-state index is 5.44. The van der Waals surface area contributed by atoms with Crippen molar-refractivity contribution in [2.24, 2.45) is 0 Å². The molecule has 4 heteroatoms. The van der Waals surface area contributed by atoms with Gasteiger partial charge in [-0.15, -0.1) is 11.3 Å². The molecule has 0 aliphatic rings. The van der Waals surface area contributed by atoms with Gasteiger partial charge in [0.15, 0.2) is 17.5 Å². The summed E-state index contributed by atoms with van der Waals surface area (Å²) < 4.78 is 2.49. The summed E-state index contributed by atoms with van der Waals surface area (Å²) in [5.41, 5.74) is 7.37. The molecule has 0 unspecified atom stereocenters. The van der Waals surface area contributed by atoms with E-state index >= 15 is 0 Å². The highest BCUT2D eigenvalue weighted by atomic mass is 32.1. The number of fused-ring (bicyclic) bond motifs is 10. The van der Waals surface area contributed by atoms with Crippen molar-refractivity contribution in [2.45, 2.75) is 0 Å². The van der Waals surface area contributed by atoms with E-state index < -0.39 is 0 Å². The Balaban J connectivity index is 1.26. The van der Waals surface area contributed by atoms with Gasteiger partial charge in [0.1, 0.15) is 0 Å². The van der Waals surface area contributed by atoms with Crippen LogP contribution in [0.2, 0.25) is 0 Å². The number of hydrogen-bond acceptors (Lipinski definition) is 4. The van der Waals surface area contributed by atoms with Crippen LogP contribution in [0.15, 0.2) is 188 Å². The largest absolute Gasteiger partial charge is 0.208 e. The monoisotopic (exact) mass is 717 g/mol. The van der Waals surface area contributed by atoms with Crippen molar-refractivity contribution in [3.05, 3.63) is 188 Å². The Morgan fingerprint density at radius 1 is 0.291 bits per heavy atom. The van der Waals surface area contributed by atoms with E-state index in [-0.39, 0.29) is 0 Å². The molecule has 0 aliphatic carbocycles. The molecule has 0 radical (unpaired) electrons. The maximum atomic E-state index is 5.44. The van der Waals surface area contributed by atoms with E-state index in [1.807, 2.05) is 29.5 Å². The Bertz CT molecular complexity index is 3190. The number of nitrogens with zero attached hydrogens (tertiary/aromatic N) is 3. The lowest BCUT2D eigenvalue weighted by Gasteiger charge is -2.15. The van der Waals surface area contributed by atoms with Gasteiger partial charge in [0.2, 0.25) is 0 Å². The molecule has 0 saturated carbocycles. The third-order valence-corrected chi connectivity index (χ3v) is 11.9. The summed E-state index contributed by atoms with van der Waals surface area (Å²) >= 11 is 1.85. The minimum Gasteiger partial charge on any atom is -0.208 e. The molecule has 2 heterocycles. The lowest BCUT2D eigenvalue weighted by Crippen LogP contribution is -2.01. The zero-order chi connectivity index (χ0) is 36.3. The van der Waals surface area contributed by atoms with Crippen LogP contribution >= 0.6 is 11.3 Å². The molecule has 0 saturated heterocycles. The van der Waals surface area contributed by atoms with E-state index in [0.717, 1.165) is 38.9 Å². The van der Waals surface area contributed by atoms with E-state index in [4.69, 9.17) is 15.0 Å². The van der Waals surface area contributed by atoms with E-state index in [2.05, 4.69) is 170 Å². The second kappa shape index (κ2) is 12.8. The summed E-state index contributed by atoms with van der Waals surface area (Å²) in [5, 5.41) is 9.83. The average molecular weight is 718 g/mol. The lowest BCUT2D eigenvalue weighted by atomic mass is 9.91. The molecular weight excluding hydrogens is 687 g/mol. The van der Waals surface area contributed by atoms with Gasteiger partial charge in [0.05, 0.1) is 0 Å². The summed E-state index contributed by atoms with van der Waals surface area (Å²) in [6, 6.07) is 66.7. The molecule has 0 fully saturated rings. The summed E-state index contributed by atoms with van der Waals surface area (Å²) in [5.74, 6) is 1.93. The van der Waals surface area contributed by atoms with Crippen LogP contribution in [0.1, 0.15) is 0 Å². The quantitative estimate of drug-likeness (QED) is 0.166. The van der Waals surface area contributed by atoms with Gasteiger partial charge in [-0.05, 0) is 79.5 Å². The van der Waals surface area contributed by atoms with Crippen molar-refractivity contribution in [2.75, 3.05) is 0 Å². The smallest absolute Gasteiger partial charge is 0.164 e. The Hall–Kier alpha value is -7.01. The van der Waals surface area contributed by atoms with E-state index in [1.54, 1.807) is 0 Å². The molecule has 2 aromatic heterocycles. The fraction of sp³-hybridized carbons (Fsp3) is 0. The van der Waals surface area contributed by atoms with E-state index in [9.17, 15) is 0 Å². The molecule has 11 rings (SSSR count).